The fraction of sp³-hybridized carbons (Fsp3) is 0.588. The quantitative estimate of drug-likeness (QED) is 0.725. The van der Waals surface area contributed by atoms with Crippen molar-refractivity contribution in [1.29, 1.82) is 0 Å². The Kier molecular flexibility index (Phi) is 5.22. The summed E-state index contributed by atoms with van der Waals surface area (Å²) in [6.07, 6.45) is -5.54. The smallest absolute Gasteiger partial charge is 0.416 e. The monoisotopic (exact) mass is 359 g/mol. The topological polar surface area (TPSA) is 76.4 Å². The van der Waals surface area contributed by atoms with E-state index in [2.05, 4.69) is 10.6 Å². The molecule has 1 amide bonds. The van der Waals surface area contributed by atoms with E-state index in [0.717, 1.165) is 0 Å². The second kappa shape index (κ2) is 6.74. The van der Waals surface area contributed by atoms with E-state index in [0.29, 0.717) is 12.2 Å². The van der Waals surface area contributed by atoms with Gasteiger partial charge in [-0.1, -0.05) is 12.1 Å². The highest BCUT2D eigenvalue weighted by Gasteiger charge is 2.62. The van der Waals surface area contributed by atoms with Gasteiger partial charge in [0, 0.05) is 18.2 Å². The van der Waals surface area contributed by atoms with Crippen LogP contribution >= 0.6 is 0 Å². The molecule has 2 rings (SSSR count). The molecule has 8 heteroatoms. The van der Waals surface area contributed by atoms with Crippen LogP contribution < -0.4 is 16.4 Å². The van der Waals surface area contributed by atoms with Crippen LogP contribution in [0.2, 0.25) is 0 Å². The summed E-state index contributed by atoms with van der Waals surface area (Å²) in [7, 11) is 0. The van der Waals surface area contributed by atoms with Gasteiger partial charge in [-0.05, 0) is 51.4 Å². The molecule has 1 aromatic rings. The molecule has 4 N–H and O–H groups in total. The summed E-state index contributed by atoms with van der Waals surface area (Å²) in [5.41, 5.74) is 2.44. The van der Waals surface area contributed by atoms with Gasteiger partial charge in [0.15, 0.2) is 5.54 Å². The van der Waals surface area contributed by atoms with E-state index >= 15 is 0 Å². The lowest BCUT2D eigenvalue weighted by molar-refractivity contribution is -0.214. The Morgan fingerprint density at radius 3 is 2.28 bits per heavy atom. The number of amides is 1. The predicted molar refractivity (Wildman–Crippen MR) is 88.9 cm³/mol. The molecule has 1 aromatic carbocycles. The minimum atomic E-state index is -4.71. The van der Waals surface area contributed by atoms with Crippen LogP contribution in [0.15, 0.2) is 24.3 Å². The molecular weight excluding hydrogens is 335 g/mol. The number of rotatable bonds is 3. The molecule has 25 heavy (non-hydrogen) atoms. The molecule has 1 heterocycles. The fourth-order valence-corrected chi connectivity index (χ4v) is 3.11. The van der Waals surface area contributed by atoms with Crippen LogP contribution in [-0.2, 0) is 10.3 Å². The summed E-state index contributed by atoms with van der Waals surface area (Å²) in [6, 6.07) is 5.40. The van der Waals surface area contributed by atoms with E-state index in [1.165, 1.54) is 24.3 Å². The van der Waals surface area contributed by atoms with Gasteiger partial charge in [0.2, 0.25) is 0 Å². The van der Waals surface area contributed by atoms with Gasteiger partial charge in [0.05, 0.1) is 0 Å². The molecule has 0 saturated carbocycles. The zero-order valence-electron chi connectivity index (χ0n) is 14.5. The van der Waals surface area contributed by atoms with Crippen molar-refractivity contribution in [2.24, 2.45) is 5.92 Å². The van der Waals surface area contributed by atoms with E-state index in [-0.39, 0.29) is 18.5 Å². The van der Waals surface area contributed by atoms with Gasteiger partial charge in [-0.2, -0.15) is 13.2 Å². The Morgan fingerprint density at radius 2 is 1.84 bits per heavy atom. The summed E-state index contributed by atoms with van der Waals surface area (Å²) in [4.78, 5) is 12.2. The summed E-state index contributed by atoms with van der Waals surface area (Å²) in [5.74, 6) is -0.858. The summed E-state index contributed by atoms with van der Waals surface area (Å²) < 4.78 is 47.9. The van der Waals surface area contributed by atoms with Crippen molar-refractivity contribution < 1.29 is 22.7 Å². The van der Waals surface area contributed by atoms with Crippen LogP contribution in [0, 0.1) is 5.92 Å². The fourth-order valence-electron chi connectivity index (χ4n) is 3.11. The minimum Gasteiger partial charge on any atom is -0.444 e. The average molecular weight is 359 g/mol. The maximum atomic E-state index is 14.3. The Balaban J connectivity index is 2.51. The van der Waals surface area contributed by atoms with E-state index in [4.69, 9.17) is 10.5 Å². The van der Waals surface area contributed by atoms with E-state index < -0.39 is 29.3 Å². The van der Waals surface area contributed by atoms with Crippen LogP contribution in [0.3, 0.4) is 0 Å². The highest BCUT2D eigenvalue weighted by Crippen LogP contribution is 2.47. The number of alkyl halides is 3. The normalized spacial score (nSPS) is 20.8. The Labute approximate surface area is 145 Å². The number of halogens is 3. The standard InChI is InChI=1S/C17H24F3N3O2/c1-15(2,3)25-14(24)23-16(17(18,19)20,12-8-9-22-10-12)11-4-6-13(21)7-5-11/h4-7,12,22H,8-10,21H2,1-3H3,(H,23,24)/t12-,16?/m1/s1. The van der Waals surface area contributed by atoms with Crippen LogP contribution in [0.4, 0.5) is 23.7 Å². The molecular formula is C17H24F3N3O2. The van der Waals surface area contributed by atoms with Crippen LogP contribution in [0.5, 0.6) is 0 Å². The van der Waals surface area contributed by atoms with Crippen LogP contribution in [0.25, 0.3) is 0 Å². The highest BCUT2D eigenvalue weighted by atomic mass is 19.4. The highest BCUT2D eigenvalue weighted by molar-refractivity contribution is 5.70. The lowest BCUT2D eigenvalue weighted by Crippen LogP contribution is -2.61. The molecule has 0 aromatic heterocycles. The molecule has 2 atom stereocenters. The second-order valence-electron chi connectivity index (χ2n) is 7.24. The molecule has 1 aliphatic heterocycles. The molecule has 1 fully saturated rings. The molecule has 0 radical (unpaired) electrons. The van der Waals surface area contributed by atoms with Gasteiger partial charge in [-0.3, -0.25) is 0 Å². The predicted octanol–water partition coefficient (Wildman–Crippen LogP) is 3.16. The van der Waals surface area contributed by atoms with Crippen molar-refractivity contribution in [2.45, 2.75) is 44.5 Å². The molecule has 1 unspecified atom stereocenters. The number of nitrogen functional groups attached to an aromatic ring is 1. The zero-order chi connectivity index (χ0) is 18.9. The average Bonchev–Trinajstić information content (AvgIpc) is 2.96. The number of hydrogen-bond acceptors (Lipinski definition) is 4. The van der Waals surface area contributed by atoms with Crippen molar-refractivity contribution in [3.63, 3.8) is 0 Å². The van der Waals surface area contributed by atoms with Gasteiger partial charge in [0.25, 0.3) is 0 Å². The summed E-state index contributed by atoms with van der Waals surface area (Å²) >= 11 is 0. The van der Waals surface area contributed by atoms with Gasteiger partial charge in [0.1, 0.15) is 5.60 Å². The number of hydrogen-bond donors (Lipinski definition) is 3. The summed E-state index contributed by atoms with van der Waals surface area (Å²) in [5, 5.41) is 5.07. The first-order valence-corrected chi connectivity index (χ1v) is 8.10. The second-order valence-corrected chi connectivity index (χ2v) is 7.24. The van der Waals surface area contributed by atoms with Crippen molar-refractivity contribution in [2.75, 3.05) is 18.8 Å². The molecule has 1 saturated heterocycles. The first kappa shape index (κ1) is 19.4. The lowest BCUT2D eigenvalue weighted by atomic mass is 9.76. The number of ether oxygens (including phenoxy) is 1. The largest absolute Gasteiger partial charge is 0.444 e. The van der Waals surface area contributed by atoms with E-state index in [1.54, 1.807) is 20.8 Å². The molecule has 0 spiro atoms. The Hall–Kier alpha value is -1.96. The molecule has 1 aliphatic rings. The number of alkyl carbamates (subject to hydrolysis) is 1. The SMILES string of the molecule is CC(C)(C)OC(=O)NC(c1ccc(N)cc1)([C@@H]1CCNC1)C(F)(F)F. The van der Waals surface area contributed by atoms with Gasteiger partial charge >= 0.3 is 12.3 Å². The third kappa shape index (κ3) is 4.18. The van der Waals surface area contributed by atoms with Crippen LogP contribution in [0.1, 0.15) is 32.8 Å². The molecule has 0 bridgehead atoms. The maximum Gasteiger partial charge on any atom is 0.416 e. The number of anilines is 1. The minimum absolute atomic E-state index is 0.0613. The van der Waals surface area contributed by atoms with Gasteiger partial charge in [-0.25, -0.2) is 4.79 Å². The third-order valence-corrected chi connectivity index (χ3v) is 4.18. The number of carbonyl (C=O) groups is 1. The van der Waals surface area contributed by atoms with Crippen molar-refractivity contribution >= 4 is 11.8 Å². The van der Waals surface area contributed by atoms with Crippen molar-refractivity contribution in [3.8, 4) is 0 Å². The summed E-state index contributed by atoms with van der Waals surface area (Å²) in [6.45, 7) is 5.39. The third-order valence-electron chi connectivity index (χ3n) is 4.18. The van der Waals surface area contributed by atoms with Crippen molar-refractivity contribution in [1.82, 2.24) is 10.6 Å². The Morgan fingerprint density at radius 1 is 1.24 bits per heavy atom. The first-order valence-electron chi connectivity index (χ1n) is 8.10. The molecule has 5 nitrogen and oxygen atoms in total. The number of benzene rings is 1. The van der Waals surface area contributed by atoms with Crippen molar-refractivity contribution in [3.05, 3.63) is 29.8 Å². The Bertz CT molecular complexity index is 605. The van der Waals surface area contributed by atoms with E-state index in [9.17, 15) is 18.0 Å². The zero-order valence-corrected chi connectivity index (χ0v) is 14.5. The first-order chi connectivity index (χ1) is 11.5. The number of nitrogens with two attached hydrogens (primary N) is 1. The van der Waals surface area contributed by atoms with Gasteiger partial charge in [-0.15, -0.1) is 0 Å². The number of carbonyl (C=O) groups excluding carboxylic acids is 1. The molecule has 140 valence electrons. The maximum absolute atomic E-state index is 14.3. The molecule has 0 aliphatic carbocycles. The van der Waals surface area contributed by atoms with Crippen LogP contribution in [-0.4, -0.2) is 31.0 Å². The lowest BCUT2D eigenvalue weighted by Gasteiger charge is -2.41. The van der Waals surface area contributed by atoms with E-state index in [1.807, 2.05) is 0 Å². The number of nitrogens with one attached hydrogen (secondary N) is 2. The van der Waals surface area contributed by atoms with Gasteiger partial charge < -0.3 is 21.1 Å².